The Kier molecular flexibility index (Phi) is 14.0. The van der Waals surface area contributed by atoms with Gasteiger partial charge in [0.2, 0.25) is 0 Å². The summed E-state index contributed by atoms with van der Waals surface area (Å²) in [6, 6.07) is 32.3. The normalized spacial score (nSPS) is 12.7. The Morgan fingerprint density at radius 1 is 0.579 bits per heavy atom. The fraction of sp³-hybridized carbons (Fsp3) is 0.459. The molecule has 0 radical (unpaired) electrons. The van der Waals surface area contributed by atoms with Gasteiger partial charge < -0.3 is 4.74 Å². The van der Waals surface area contributed by atoms with E-state index in [2.05, 4.69) is 117 Å². The van der Waals surface area contributed by atoms with Crippen molar-refractivity contribution in [3.63, 3.8) is 0 Å². The van der Waals surface area contributed by atoms with Gasteiger partial charge >= 0.3 is 0 Å². The van der Waals surface area contributed by atoms with Gasteiger partial charge in [-0.25, -0.2) is 0 Å². The van der Waals surface area contributed by atoms with Crippen LogP contribution in [-0.4, -0.2) is 6.10 Å². The largest absolute Gasteiger partial charge is 0.357 e. The van der Waals surface area contributed by atoms with Gasteiger partial charge in [0.15, 0.2) is 0 Å². The Morgan fingerprint density at radius 3 is 1.37 bits per heavy atom. The third-order valence-corrected chi connectivity index (χ3v) is 7.65. The van der Waals surface area contributed by atoms with E-state index in [0.29, 0.717) is 0 Å². The maximum Gasteiger partial charge on any atom is 0.144 e. The summed E-state index contributed by atoms with van der Waals surface area (Å²) in [5.74, 6) is 0. The lowest BCUT2D eigenvalue weighted by Crippen LogP contribution is -2.37. The molecule has 0 saturated carbocycles. The van der Waals surface area contributed by atoms with Crippen LogP contribution >= 0.6 is 0 Å². The molecule has 0 aliphatic rings. The van der Waals surface area contributed by atoms with Crippen LogP contribution in [0.1, 0.15) is 114 Å². The molecule has 0 aliphatic heterocycles. The highest BCUT2D eigenvalue weighted by molar-refractivity contribution is 5.47. The molecule has 3 rings (SSSR count). The van der Waals surface area contributed by atoms with Crippen LogP contribution in [0.3, 0.4) is 0 Å². The quantitative estimate of drug-likeness (QED) is 0.0885. The first-order valence-corrected chi connectivity index (χ1v) is 15.3. The van der Waals surface area contributed by atoms with Crippen molar-refractivity contribution in [2.75, 3.05) is 0 Å². The van der Waals surface area contributed by atoms with Crippen LogP contribution in [0.5, 0.6) is 0 Å². The van der Waals surface area contributed by atoms with Crippen LogP contribution in [0.4, 0.5) is 0 Å². The number of unbranched alkanes of at least 4 members (excludes halogenated alkanes) is 10. The summed E-state index contributed by atoms with van der Waals surface area (Å²) in [6.45, 7) is 4.40. The molecule has 0 fully saturated rings. The topological polar surface area (TPSA) is 9.23 Å². The molecule has 3 aromatic rings. The molecule has 0 bridgehead atoms. The second kappa shape index (κ2) is 17.8. The van der Waals surface area contributed by atoms with Gasteiger partial charge in [-0.15, -0.1) is 0 Å². The lowest BCUT2D eigenvalue weighted by molar-refractivity contribution is -0.0503. The Morgan fingerprint density at radius 2 is 0.974 bits per heavy atom. The average Bonchev–Trinajstić information content (AvgIpc) is 2.98. The second-order valence-electron chi connectivity index (χ2n) is 10.6. The number of hydrogen-bond donors (Lipinski definition) is 0. The van der Waals surface area contributed by atoms with Crippen LogP contribution in [0.25, 0.3) is 0 Å². The third kappa shape index (κ3) is 9.28. The Labute approximate surface area is 233 Å². The first-order valence-electron chi connectivity index (χ1n) is 15.3. The van der Waals surface area contributed by atoms with E-state index in [1.165, 1.54) is 87.3 Å². The lowest BCUT2D eigenvalue weighted by Gasteiger charge is -2.39. The second-order valence-corrected chi connectivity index (χ2v) is 10.6. The maximum atomic E-state index is 7.34. The Hall–Kier alpha value is -2.64. The van der Waals surface area contributed by atoms with Crippen molar-refractivity contribution in [3.05, 3.63) is 120 Å². The van der Waals surface area contributed by atoms with Gasteiger partial charge in [0.1, 0.15) is 5.60 Å². The minimum Gasteiger partial charge on any atom is -0.357 e. The zero-order valence-electron chi connectivity index (χ0n) is 24.0. The lowest BCUT2D eigenvalue weighted by atomic mass is 9.79. The van der Waals surface area contributed by atoms with Crippen molar-refractivity contribution in [1.82, 2.24) is 0 Å². The summed E-state index contributed by atoms with van der Waals surface area (Å²) in [6.07, 6.45) is 21.6. The van der Waals surface area contributed by atoms with E-state index in [-0.39, 0.29) is 6.10 Å². The van der Waals surface area contributed by atoms with Gasteiger partial charge in [-0.05, 0) is 36.5 Å². The zero-order chi connectivity index (χ0) is 26.7. The Balaban J connectivity index is 1.71. The fourth-order valence-corrected chi connectivity index (χ4v) is 5.52. The predicted octanol–water partition coefficient (Wildman–Crippen LogP) is 11.0. The standard InChI is InChI=1S/C37H50O/c1-3-5-7-8-9-10-11-12-13-14-24-32-36(31-6-4-2)38-37(33-25-18-15-19-26-33,34-27-20-16-21-28-34)35-29-22-17-23-30-35/h4,6,15-23,25-30,36H,3,5,7-14,24,31-32H2,1-2H3/b6-4+/t36-/m0/s1. The van der Waals surface area contributed by atoms with Crippen LogP contribution in [0.2, 0.25) is 0 Å². The number of ether oxygens (including phenoxy) is 1. The molecule has 204 valence electrons. The summed E-state index contributed by atoms with van der Waals surface area (Å²) in [5, 5.41) is 0. The molecule has 1 heteroatoms. The number of rotatable bonds is 19. The van der Waals surface area contributed by atoms with Crippen molar-refractivity contribution in [2.45, 2.75) is 109 Å². The molecule has 1 atom stereocenters. The average molecular weight is 511 g/mol. The van der Waals surface area contributed by atoms with Crippen LogP contribution in [-0.2, 0) is 10.3 Å². The zero-order valence-corrected chi connectivity index (χ0v) is 24.0. The Bertz CT molecular complexity index is 896. The number of benzene rings is 3. The molecule has 0 heterocycles. The van der Waals surface area contributed by atoms with E-state index in [9.17, 15) is 0 Å². The van der Waals surface area contributed by atoms with E-state index in [1.807, 2.05) is 0 Å². The highest BCUT2D eigenvalue weighted by atomic mass is 16.5. The minimum absolute atomic E-state index is 0.144. The molecule has 0 amide bonds. The molecule has 38 heavy (non-hydrogen) atoms. The molecular formula is C37H50O. The van der Waals surface area contributed by atoms with Crippen molar-refractivity contribution >= 4 is 0 Å². The molecule has 0 unspecified atom stereocenters. The van der Waals surface area contributed by atoms with Gasteiger partial charge in [-0.2, -0.15) is 0 Å². The molecule has 3 aromatic carbocycles. The highest BCUT2D eigenvalue weighted by Gasteiger charge is 2.39. The SMILES string of the molecule is C/C=C/C[C@@H](CCCCCCCCCCCCC)OC(c1ccccc1)(c1ccccc1)c1ccccc1. The van der Waals surface area contributed by atoms with Crippen LogP contribution < -0.4 is 0 Å². The van der Waals surface area contributed by atoms with Gasteiger partial charge in [0.25, 0.3) is 0 Å². The molecule has 1 nitrogen and oxygen atoms in total. The van der Waals surface area contributed by atoms with E-state index < -0.39 is 5.60 Å². The first kappa shape index (κ1) is 29.9. The van der Waals surface area contributed by atoms with E-state index in [1.54, 1.807) is 0 Å². The van der Waals surface area contributed by atoms with Gasteiger partial charge in [-0.1, -0.05) is 181 Å². The minimum atomic E-state index is -0.645. The summed E-state index contributed by atoms with van der Waals surface area (Å²) < 4.78 is 7.34. The summed E-state index contributed by atoms with van der Waals surface area (Å²) in [4.78, 5) is 0. The molecule has 0 aromatic heterocycles. The molecule has 0 saturated heterocycles. The number of hydrogen-bond acceptors (Lipinski definition) is 1. The fourth-order valence-electron chi connectivity index (χ4n) is 5.52. The third-order valence-electron chi connectivity index (χ3n) is 7.65. The van der Waals surface area contributed by atoms with Crippen molar-refractivity contribution < 1.29 is 4.74 Å². The van der Waals surface area contributed by atoms with Crippen LogP contribution in [0.15, 0.2) is 103 Å². The van der Waals surface area contributed by atoms with Gasteiger partial charge in [-0.3, -0.25) is 0 Å². The summed E-state index contributed by atoms with van der Waals surface area (Å²) >= 11 is 0. The van der Waals surface area contributed by atoms with E-state index in [0.717, 1.165) is 12.8 Å². The maximum absolute atomic E-state index is 7.34. The van der Waals surface area contributed by atoms with Crippen molar-refractivity contribution in [1.29, 1.82) is 0 Å². The first-order chi connectivity index (χ1) is 18.8. The summed E-state index contributed by atoms with van der Waals surface area (Å²) in [7, 11) is 0. The van der Waals surface area contributed by atoms with Crippen molar-refractivity contribution in [2.24, 2.45) is 0 Å². The highest BCUT2D eigenvalue weighted by Crippen LogP contribution is 2.42. The summed E-state index contributed by atoms with van der Waals surface area (Å²) in [5.41, 5.74) is 2.90. The van der Waals surface area contributed by atoms with E-state index in [4.69, 9.17) is 4.74 Å². The van der Waals surface area contributed by atoms with Gasteiger partial charge in [0, 0.05) is 0 Å². The van der Waals surface area contributed by atoms with Gasteiger partial charge in [0.05, 0.1) is 6.10 Å². The molecule has 0 aliphatic carbocycles. The van der Waals surface area contributed by atoms with E-state index >= 15 is 0 Å². The van der Waals surface area contributed by atoms with Crippen molar-refractivity contribution in [3.8, 4) is 0 Å². The predicted molar refractivity (Wildman–Crippen MR) is 165 cm³/mol. The number of allylic oxidation sites excluding steroid dienone is 1. The monoisotopic (exact) mass is 510 g/mol. The molecule has 0 spiro atoms. The van der Waals surface area contributed by atoms with Crippen LogP contribution in [0, 0.1) is 0 Å². The smallest absolute Gasteiger partial charge is 0.144 e. The molecular weight excluding hydrogens is 460 g/mol. The molecule has 0 N–H and O–H groups in total.